The SMILES string of the molecule is CC=CCCC1CCC(C2CCC(c3ccc(-c4ccc(OCCC)c(F)c4F)cc3)CO2)CC1. The van der Waals surface area contributed by atoms with Crippen LogP contribution in [-0.4, -0.2) is 19.3 Å². The van der Waals surface area contributed by atoms with Crippen molar-refractivity contribution in [2.24, 2.45) is 11.8 Å². The van der Waals surface area contributed by atoms with Crippen LogP contribution < -0.4 is 4.74 Å². The zero-order valence-electron chi connectivity index (χ0n) is 21.3. The molecule has 0 aromatic heterocycles. The van der Waals surface area contributed by atoms with E-state index in [1.54, 1.807) is 6.07 Å². The molecule has 4 heteroatoms. The minimum atomic E-state index is -0.918. The summed E-state index contributed by atoms with van der Waals surface area (Å²) in [5.41, 5.74) is 2.15. The zero-order chi connectivity index (χ0) is 24.6. The van der Waals surface area contributed by atoms with Crippen molar-refractivity contribution in [2.45, 2.75) is 83.7 Å². The quantitative estimate of drug-likeness (QED) is 0.332. The van der Waals surface area contributed by atoms with E-state index in [1.165, 1.54) is 50.2 Å². The predicted octanol–water partition coefficient (Wildman–Crippen LogP) is 8.85. The van der Waals surface area contributed by atoms with Gasteiger partial charge in [-0.1, -0.05) is 56.2 Å². The molecule has 0 amide bonds. The van der Waals surface area contributed by atoms with E-state index in [4.69, 9.17) is 9.47 Å². The van der Waals surface area contributed by atoms with E-state index in [2.05, 4.69) is 19.1 Å². The Balaban J connectivity index is 1.29. The first kappa shape index (κ1) is 25.9. The summed E-state index contributed by atoms with van der Waals surface area (Å²) in [6, 6.07) is 11.0. The fraction of sp³-hybridized carbons (Fsp3) is 0.548. The highest BCUT2D eigenvalue weighted by Gasteiger charge is 2.32. The lowest BCUT2D eigenvalue weighted by Crippen LogP contribution is -2.33. The Morgan fingerprint density at radius 2 is 1.71 bits per heavy atom. The number of ether oxygens (including phenoxy) is 2. The number of halogens is 2. The van der Waals surface area contributed by atoms with Crippen LogP contribution in [0.3, 0.4) is 0 Å². The fourth-order valence-corrected chi connectivity index (χ4v) is 5.77. The molecule has 2 unspecified atom stereocenters. The van der Waals surface area contributed by atoms with Crippen molar-refractivity contribution in [3.63, 3.8) is 0 Å². The van der Waals surface area contributed by atoms with E-state index in [1.807, 2.05) is 31.2 Å². The first-order chi connectivity index (χ1) is 17.1. The van der Waals surface area contributed by atoms with Crippen LogP contribution >= 0.6 is 0 Å². The van der Waals surface area contributed by atoms with Gasteiger partial charge in [0.25, 0.3) is 0 Å². The molecule has 0 radical (unpaired) electrons. The average molecular weight is 483 g/mol. The monoisotopic (exact) mass is 482 g/mol. The van der Waals surface area contributed by atoms with Crippen LogP contribution in [0, 0.1) is 23.5 Å². The van der Waals surface area contributed by atoms with Crippen LogP contribution in [0.25, 0.3) is 11.1 Å². The van der Waals surface area contributed by atoms with Gasteiger partial charge in [-0.3, -0.25) is 0 Å². The first-order valence-electron chi connectivity index (χ1n) is 13.5. The third-order valence-electron chi connectivity index (χ3n) is 7.91. The van der Waals surface area contributed by atoms with E-state index >= 15 is 0 Å². The summed E-state index contributed by atoms with van der Waals surface area (Å²) in [6.07, 6.45) is 15.6. The van der Waals surface area contributed by atoms with Crippen molar-refractivity contribution < 1.29 is 18.3 Å². The number of hydrogen-bond donors (Lipinski definition) is 0. The minimum Gasteiger partial charge on any atom is -0.490 e. The summed E-state index contributed by atoms with van der Waals surface area (Å²) < 4.78 is 40.8. The molecule has 2 aromatic carbocycles. The first-order valence-corrected chi connectivity index (χ1v) is 13.5. The minimum absolute atomic E-state index is 0.0271. The Morgan fingerprint density at radius 1 is 0.943 bits per heavy atom. The molecule has 0 N–H and O–H groups in total. The molecule has 2 nitrogen and oxygen atoms in total. The van der Waals surface area contributed by atoms with Crippen LogP contribution in [-0.2, 0) is 4.74 Å². The maximum Gasteiger partial charge on any atom is 0.201 e. The zero-order valence-corrected chi connectivity index (χ0v) is 21.3. The fourth-order valence-electron chi connectivity index (χ4n) is 5.77. The summed E-state index contributed by atoms with van der Waals surface area (Å²) >= 11 is 0. The van der Waals surface area contributed by atoms with Gasteiger partial charge in [0.15, 0.2) is 11.6 Å². The van der Waals surface area contributed by atoms with Crippen molar-refractivity contribution >= 4 is 0 Å². The van der Waals surface area contributed by atoms with Crippen LogP contribution in [0.1, 0.15) is 83.1 Å². The van der Waals surface area contributed by atoms with Gasteiger partial charge in [-0.2, -0.15) is 4.39 Å². The molecule has 190 valence electrons. The van der Waals surface area contributed by atoms with E-state index < -0.39 is 11.6 Å². The largest absolute Gasteiger partial charge is 0.490 e. The predicted molar refractivity (Wildman–Crippen MR) is 139 cm³/mol. The third kappa shape index (κ3) is 6.52. The van der Waals surface area contributed by atoms with E-state index in [9.17, 15) is 8.78 Å². The van der Waals surface area contributed by atoms with E-state index in [0.717, 1.165) is 31.8 Å². The number of hydrogen-bond acceptors (Lipinski definition) is 2. The summed E-state index contributed by atoms with van der Waals surface area (Å²) in [5.74, 6) is 0.157. The molecule has 1 saturated carbocycles. The maximum atomic E-state index is 14.7. The molecular weight excluding hydrogens is 442 g/mol. The van der Waals surface area contributed by atoms with Crippen LogP contribution in [0.2, 0.25) is 0 Å². The van der Waals surface area contributed by atoms with Crippen molar-refractivity contribution in [3.05, 3.63) is 65.7 Å². The second-order valence-electron chi connectivity index (χ2n) is 10.3. The van der Waals surface area contributed by atoms with Gasteiger partial charge in [0.05, 0.1) is 19.3 Å². The normalized spacial score (nSPS) is 25.1. The van der Waals surface area contributed by atoms with Crippen LogP contribution in [0.4, 0.5) is 8.78 Å². The highest BCUT2D eigenvalue weighted by atomic mass is 19.2. The van der Waals surface area contributed by atoms with Gasteiger partial charge in [0, 0.05) is 11.5 Å². The molecule has 1 heterocycles. The number of allylic oxidation sites excluding steroid dienone is 2. The molecule has 2 atom stereocenters. The Morgan fingerprint density at radius 3 is 2.37 bits per heavy atom. The summed E-state index contributed by atoms with van der Waals surface area (Å²) in [7, 11) is 0. The van der Waals surface area contributed by atoms with Gasteiger partial charge in [0.2, 0.25) is 5.82 Å². The van der Waals surface area contributed by atoms with Crippen LogP contribution in [0.15, 0.2) is 48.6 Å². The highest BCUT2D eigenvalue weighted by Crippen LogP contribution is 2.39. The standard InChI is InChI=1S/C31H40F2O2/c1-3-5-6-7-22-8-10-25(11-9-22)28-18-16-26(21-35-28)23-12-14-24(15-13-23)27-17-19-29(34-20-4-2)31(33)30(27)32/h3,5,12-15,17,19,22,25-26,28H,4,6-11,16,18,20-21H2,1-2H3. The van der Waals surface area contributed by atoms with Crippen molar-refractivity contribution in [3.8, 4) is 16.9 Å². The number of benzene rings is 2. The van der Waals surface area contributed by atoms with E-state index in [0.29, 0.717) is 30.1 Å². The van der Waals surface area contributed by atoms with Crippen molar-refractivity contribution in [2.75, 3.05) is 13.2 Å². The Kier molecular flexibility index (Phi) is 9.37. The van der Waals surface area contributed by atoms with Crippen molar-refractivity contribution in [1.82, 2.24) is 0 Å². The molecule has 1 aliphatic carbocycles. The molecular formula is C31H40F2O2. The molecule has 35 heavy (non-hydrogen) atoms. The van der Waals surface area contributed by atoms with Gasteiger partial charge in [-0.15, -0.1) is 0 Å². The number of rotatable bonds is 9. The summed E-state index contributed by atoms with van der Waals surface area (Å²) in [4.78, 5) is 0. The lowest BCUT2D eigenvalue weighted by atomic mass is 9.75. The molecule has 2 fully saturated rings. The van der Waals surface area contributed by atoms with Crippen LogP contribution in [0.5, 0.6) is 5.75 Å². The topological polar surface area (TPSA) is 18.5 Å². The third-order valence-corrected chi connectivity index (χ3v) is 7.91. The smallest absolute Gasteiger partial charge is 0.201 e. The van der Waals surface area contributed by atoms with Gasteiger partial charge in [0.1, 0.15) is 0 Å². The maximum absolute atomic E-state index is 14.7. The Bertz CT molecular complexity index is 953. The molecule has 1 aliphatic heterocycles. The molecule has 2 aromatic rings. The van der Waals surface area contributed by atoms with Gasteiger partial charge < -0.3 is 9.47 Å². The lowest BCUT2D eigenvalue weighted by Gasteiger charge is -2.38. The Hall–Kier alpha value is -2.20. The molecule has 2 aliphatic rings. The van der Waals surface area contributed by atoms with E-state index in [-0.39, 0.29) is 11.3 Å². The van der Waals surface area contributed by atoms with Gasteiger partial charge in [-0.05, 0) is 87.0 Å². The Labute approximate surface area is 209 Å². The molecule has 1 saturated heterocycles. The van der Waals surface area contributed by atoms with Crippen molar-refractivity contribution in [1.29, 1.82) is 0 Å². The average Bonchev–Trinajstić information content (AvgIpc) is 2.90. The second-order valence-corrected chi connectivity index (χ2v) is 10.3. The van der Waals surface area contributed by atoms with Gasteiger partial charge in [-0.25, -0.2) is 4.39 Å². The second kappa shape index (κ2) is 12.7. The summed E-state index contributed by atoms with van der Waals surface area (Å²) in [5, 5.41) is 0. The molecule has 4 rings (SSSR count). The van der Waals surface area contributed by atoms with Gasteiger partial charge >= 0.3 is 0 Å². The lowest BCUT2D eigenvalue weighted by molar-refractivity contribution is -0.0435. The summed E-state index contributed by atoms with van der Waals surface area (Å²) in [6.45, 7) is 5.15. The highest BCUT2D eigenvalue weighted by molar-refractivity contribution is 5.65. The molecule has 0 spiro atoms. The molecule has 0 bridgehead atoms.